The van der Waals surface area contributed by atoms with Crippen LogP contribution >= 0.6 is 24.8 Å². The molecule has 2 aromatic heterocycles. The van der Waals surface area contributed by atoms with Crippen molar-refractivity contribution in [2.75, 3.05) is 19.6 Å². The zero-order chi connectivity index (χ0) is 15.3. The highest BCUT2D eigenvalue weighted by Gasteiger charge is 2.33. The molecule has 3 rings (SSSR count). The quantitative estimate of drug-likeness (QED) is 0.814. The standard InChI is InChI=1S/C17H22N4O.2ClH/c22-17(5-8-20-13-17)14-21(11-15-3-1-6-18-9-15)12-16-4-2-7-19-10-16;;/h1-4,6-7,9-10,20,22H,5,8,11-14H2;2*1H. The predicted molar refractivity (Wildman–Crippen MR) is 99.5 cm³/mol. The van der Waals surface area contributed by atoms with Gasteiger partial charge in [-0.3, -0.25) is 14.9 Å². The lowest BCUT2D eigenvalue weighted by molar-refractivity contribution is 0.0156. The Labute approximate surface area is 155 Å². The van der Waals surface area contributed by atoms with Gasteiger partial charge in [0.15, 0.2) is 0 Å². The largest absolute Gasteiger partial charge is 0.387 e. The molecule has 1 saturated heterocycles. The first-order valence-electron chi connectivity index (χ1n) is 7.67. The van der Waals surface area contributed by atoms with E-state index in [1.165, 1.54) is 0 Å². The van der Waals surface area contributed by atoms with Crippen LogP contribution in [0, 0.1) is 0 Å². The molecule has 3 heterocycles. The van der Waals surface area contributed by atoms with E-state index >= 15 is 0 Å². The van der Waals surface area contributed by atoms with Crippen molar-refractivity contribution in [2.24, 2.45) is 0 Å². The molecule has 1 aliphatic rings. The summed E-state index contributed by atoms with van der Waals surface area (Å²) in [4.78, 5) is 10.6. The van der Waals surface area contributed by atoms with Crippen molar-refractivity contribution in [3.8, 4) is 0 Å². The number of nitrogens with one attached hydrogen (secondary N) is 1. The molecule has 1 unspecified atom stereocenters. The third-order valence-electron chi connectivity index (χ3n) is 4.00. The SMILES string of the molecule is Cl.Cl.OC1(CN(Cc2cccnc2)Cc2cccnc2)CCNC1. The van der Waals surface area contributed by atoms with E-state index in [2.05, 4.69) is 32.3 Å². The van der Waals surface area contributed by atoms with Gasteiger partial charge < -0.3 is 10.4 Å². The van der Waals surface area contributed by atoms with Gasteiger partial charge in [0.05, 0.1) is 5.60 Å². The maximum absolute atomic E-state index is 10.7. The maximum Gasteiger partial charge on any atom is 0.0909 e. The summed E-state index contributed by atoms with van der Waals surface area (Å²) in [6, 6.07) is 8.03. The van der Waals surface area contributed by atoms with Crippen molar-refractivity contribution in [2.45, 2.75) is 25.1 Å². The van der Waals surface area contributed by atoms with Gasteiger partial charge in [0, 0.05) is 51.0 Å². The van der Waals surface area contributed by atoms with Crippen molar-refractivity contribution < 1.29 is 5.11 Å². The number of aromatic nitrogens is 2. The van der Waals surface area contributed by atoms with E-state index in [1.807, 2.05) is 24.5 Å². The van der Waals surface area contributed by atoms with Crippen molar-refractivity contribution in [3.63, 3.8) is 0 Å². The fourth-order valence-electron chi connectivity index (χ4n) is 2.95. The fraction of sp³-hybridized carbons (Fsp3) is 0.412. The van der Waals surface area contributed by atoms with Crippen LogP contribution in [-0.4, -0.2) is 45.2 Å². The summed E-state index contributed by atoms with van der Waals surface area (Å²) in [5.41, 5.74) is 1.66. The Bertz CT molecular complexity index is 538. The lowest BCUT2D eigenvalue weighted by Crippen LogP contribution is -2.44. The van der Waals surface area contributed by atoms with E-state index in [9.17, 15) is 5.11 Å². The first kappa shape index (κ1) is 20.8. The van der Waals surface area contributed by atoms with Crippen molar-refractivity contribution in [1.82, 2.24) is 20.2 Å². The van der Waals surface area contributed by atoms with Gasteiger partial charge in [-0.15, -0.1) is 24.8 Å². The molecule has 2 aromatic rings. The first-order valence-corrected chi connectivity index (χ1v) is 7.67. The Morgan fingerprint density at radius 1 is 1.04 bits per heavy atom. The summed E-state index contributed by atoms with van der Waals surface area (Å²) >= 11 is 0. The molecular formula is C17H24Cl2N4O. The minimum absolute atomic E-state index is 0. The van der Waals surface area contributed by atoms with Crippen LogP contribution in [-0.2, 0) is 13.1 Å². The smallest absolute Gasteiger partial charge is 0.0909 e. The van der Waals surface area contributed by atoms with E-state index in [4.69, 9.17) is 0 Å². The summed E-state index contributed by atoms with van der Waals surface area (Å²) in [7, 11) is 0. The molecule has 0 saturated carbocycles. The summed E-state index contributed by atoms with van der Waals surface area (Å²) in [5, 5.41) is 13.9. The Morgan fingerprint density at radius 2 is 1.62 bits per heavy atom. The van der Waals surface area contributed by atoms with Gasteiger partial charge in [-0.05, 0) is 36.2 Å². The molecule has 1 aliphatic heterocycles. The molecule has 0 bridgehead atoms. The van der Waals surface area contributed by atoms with Crippen molar-refractivity contribution in [1.29, 1.82) is 0 Å². The van der Waals surface area contributed by atoms with Gasteiger partial charge in [0.2, 0.25) is 0 Å². The maximum atomic E-state index is 10.7. The van der Waals surface area contributed by atoms with Gasteiger partial charge in [-0.2, -0.15) is 0 Å². The van der Waals surface area contributed by atoms with E-state index in [1.54, 1.807) is 12.4 Å². The molecule has 1 atom stereocenters. The highest BCUT2D eigenvalue weighted by Crippen LogP contribution is 2.19. The second-order valence-electron chi connectivity index (χ2n) is 6.02. The number of aliphatic hydroxyl groups is 1. The van der Waals surface area contributed by atoms with Crippen molar-refractivity contribution >= 4 is 24.8 Å². The molecule has 0 spiro atoms. The number of halogens is 2. The number of pyridine rings is 2. The van der Waals surface area contributed by atoms with Gasteiger partial charge in [0.1, 0.15) is 0 Å². The molecule has 0 radical (unpaired) electrons. The number of rotatable bonds is 6. The third kappa shape index (κ3) is 6.00. The normalized spacial score (nSPS) is 19.6. The molecule has 0 aliphatic carbocycles. The number of nitrogens with zero attached hydrogens (tertiary/aromatic N) is 3. The van der Waals surface area contributed by atoms with Gasteiger partial charge in [0.25, 0.3) is 0 Å². The molecule has 7 heteroatoms. The van der Waals surface area contributed by atoms with Crippen LogP contribution in [0.5, 0.6) is 0 Å². The molecule has 24 heavy (non-hydrogen) atoms. The van der Waals surface area contributed by atoms with Crippen LogP contribution in [0.4, 0.5) is 0 Å². The van der Waals surface area contributed by atoms with Gasteiger partial charge in [-0.25, -0.2) is 0 Å². The van der Waals surface area contributed by atoms with Gasteiger partial charge in [-0.1, -0.05) is 12.1 Å². The second kappa shape index (κ2) is 9.91. The monoisotopic (exact) mass is 370 g/mol. The Balaban J connectivity index is 0.00000144. The van der Waals surface area contributed by atoms with Crippen LogP contribution in [0.15, 0.2) is 49.1 Å². The van der Waals surface area contributed by atoms with Crippen LogP contribution < -0.4 is 5.32 Å². The number of β-amino-alcohol motifs (C(OH)–C–C–N with tert-alkyl or cyclic N) is 1. The summed E-state index contributed by atoms with van der Waals surface area (Å²) < 4.78 is 0. The zero-order valence-corrected chi connectivity index (χ0v) is 15.1. The van der Waals surface area contributed by atoms with Crippen LogP contribution in [0.1, 0.15) is 17.5 Å². The highest BCUT2D eigenvalue weighted by atomic mass is 35.5. The Kier molecular flexibility index (Phi) is 8.59. The van der Waals surface area contributed by atoms with E-state index < -0.39 is 5.60 Å². The summed E-state index contributed by atoms with van der Waals surface area (Å²) in [5.74, 6) is 0. The Morgan fingerprint density at radius 3 is 2.04 bits per heavy atom. The zero-order valence-electron chi connectivity index (χ0n) is 13.5. The highest BCUT2D eigenvalue weighted by molar-refractivity contribution is 5.85. The molecule has 0 aromatic carbocycles. The van der Waals surface area contributed by atoms with Crippen LogP contribution in [0.25, 0.3) is 0 Å². The molecule has 1 fully saturated rings. The van der Waals surface area contributed by atoms with Crippen molar-refractivity contribution in [3.05, 3.63) is 60.2 Å². The van der Waals surface area contributed by atoms with E-state index in [0.717, 1.165) is 37.2 Å². The molecule has 132 valence electrons. The molecular weight excluding hydrogens is 347 g/mol. The molecule has 0 amide bonds. The minimum Gasteiger partial charge on any atom is -0.387 e. The molecule has 5 nitrogen and oxygen atoms in total. The van der Waals surface area contributed by atoms with Crippen LogP contribution in [0.3, 0.4) is 0 Å². The van der Waals surface area contributed by atoms with E-state index in [0.29, 0.717) is 13.1 Å². The average Bonchev–Trinajstić information content (AvgIpc) is 2.95. The number of hydrogen-bond acceptors (Lipinski definition) is 5. The summed E-state index contributed by atoms with van der Waals surface area (Å²) in [6.07, 6.45) is 8.12. The lowest BCUT2D eigenvalue weighted by Gasteiger charge is -2.31. The summed E-state index contributed by atoms with van der Waals surface area (Å²) in [6.45, 7) is 3.72. The van der Waals surface area contributed by atoms with E-state index in [-0.39, 0.29) is 24.8 Å². The molecule has 2 N–H and O–H groups in total. The topological polar surface area (TPSA) is 61.3 Å². The fourth-order valence-corrected chi connectivity index (χ4v) is 2.95. The minimum atomic E-state index is -0.648. The Hall–Kier alpha value is -1.24. The van der Waals surface area contributed by atoms with Gasteiger partial charge >= 0.3 is 0 Å². The van der Waals surface area contributed by atoms with Crippen LogP contribution in [0.2, 0.25) is 0 Å². The first-order chi connectivity index (χ1) is 10.7. The predicted octanol–water partition coefficient (Wildman–Crippen LogP) is 2.05. The average molecular weight is 371 g/mol. The third-order valence-corrected chi connectivity index (χ3v) is 4.00. The second-order valence-corrected chi connectivity index (χ2v) is 6.02. The number of hydrogen-bond donors (Lipinski definition) is 2. The lowest BCUT2D eigenvalue weighted by atomic mass is 10.0.